The highest BCUT2D eigenvalue weighted by atomic mass is 19.4. The van der Waals surface area contributed by atoms with Gasteiger partial charge in [0.05, 0.1) is 11.4 Å². The molecule has 200 valence electrons. The van der Waals surface area contributed by atoms with Crippen molar-refractivity contribution in [3.63, 3.8) is 0 Å². The third-order valence-electron chi connectivity index (χ3n) is 5.97. The van der Waals surface area contributed by atoms with Crippen LogP contribution in [0.2, 0.25) is 0 Å². The van der Waals surface area contributed by atoms with Gasteiger partial charge < -0.3 is 10.6 Å². The minimum absolute atomic E-state index is 0.00394. The van der Waals surface area contributed by atoms with Gasteiger partial charge in [-0.05, 0) is 49.9 Å². The first-order chi connectivity index (χ1) is 17.9. The maximum atomic E-state index is 14.0. The van der Waals surface area contributed by atoms with Crippen LogP contribution in [-0.4, -0.2) is 42.7 Å². The molecule has 0 bridgehead atoms. The highest BCUT2D eigenvalue weighted by Gasteiger charge is 2.36. The average Bonchev–Trinajstić information content (AvgIpc) is 3.47. The number of alkyl halides is 3. The number of carbonyl (C=O) groups is 2. The summed E-state index contributed by atoms with van der Waals surface area (Å²) in [7, 11) is 0. The molecule has 0 aliphatic carbocycles. The number of fused-ring (bicyclic) bond motifs is 1. The number of nitrogens with one attached hydrogen (secondary N) is 2. The van der Waals surface area contributed by atoms with Gasteiger partial charge in [-0.3, -0.25) is 14.3 Å². The van der Waals surface area contributed by atoms with E-state index in [1.54, 1.807) is 12.1 Å². The zero-order chi connectivity index (χ0) is 27.8. The Balaban J connectivity index is 1.71. The van der Waals surface area contributed by atoms with Crippen LogP contribution in [-0.2, 0) is 12.7 Å². The van der Waals surface area contributed by atoms with Crippen LogP contribution in [0.3, 0.4) is 0 Å². The highest BCUT2D eigenvalue weighted by molar-refractivity contribution is 6.07. The van der Waals surface area contributed by atoms with E-state index >= 15 is 0 Å². The van der Waals surface area contributed by atoms with E-state index in [9.17, 15) is 22.8 Å². The summed E-state index contributed by atoms with van der Waals surface area (Å²) in [4.78, 5) is 30.0. The van der Waals surface area contributed by atoms with Crippen molar-refractivity contribution in [2.24, 2.45) is 5.92 Å². The zero-order valence-corrected chi connectivity index (χ0v) is 21.6. The number of amides is 2. The summed E-state index contributed by atoms with van der Waals surface area (Å²) in [6.07, 6.45) is -3.27. The van der Waals surface area contributed by atoms with Crippen molar-refractivity contribution in [3.05, 3.63) is 64.7 Å². The van der Waals surface area contributed by atoms with Crippen LogP contribution < -0.4 is 10.6 Å². The van der Waals surface area contributed by atoms with Gasteiger partial charge in [-0.25, -0.2) is 9.50 Å². The summed E-state index contributed by atoms with van der Waals surface area (Å²) in [6.45, 7) is 10.3. The number of aryl methyl sites for hydroxylation is 3. The lowest BCUT2D eigenvalue weighted by molar-refractivity contribution is -0.142. The number of benzene rings is 1. The Morgan fingerprint density at radius 2 is 1.76 bits per heavy atom. The molecule has 4 rings (SSSR count). The maximum absolute atomic E-state index is 14.0. The van der Waals surface area contributed by atoms with Gasteiger partial charge in [0, 0.05) is 30.9 Å². The first-order valence-corrected chi connectivity index (χ1v) is 12.1. The topological polar surface area (TPSA) is 106 Å². The second-order valence-electron chi connectivity index (χ2n) is 9.43. The van der Waals surface area contributed by atoms with Gasteiger partial charge in [-0.15, -0.1) is 0 Å². The van der Waals surface area contributed by atoms with Crippen molar-refractivity contribution in [2.45, 2.75) is 47.3 Å². The van der Waals surface area contributed by atoms with Crippen molar-refractivity contribution in [1.82, 2.24) is 29.7 Å². The minimum Gasteiger partial charge on any atom is -0.350 e. The molecule has 2 N–H and O–H groups in total. The molecule has 0 spiro atoms. The number of rotatable bonds is 7. The lowest BCUT2D eigenvalue weighted by Gasteiger charge is -2.11. The van der Waals surface area contributed by atoms with Gasteiger partial charge in [0.1, 0.15) is 0 Å². The molecule has 0 saturated carbocycles. The fourth-order valence-electron chi connectivity index (χ4n) is 3.75. The van der Waals surface area contributed by atoms with Crippen molar-refractivity contribution < 1.29 is 22.8 Å². The Labute approximate surface area is 217 Å². The average molecular weight is 528 g/mol. The van der Waals surface area contributed by atoms with Crippen LogP contribution in [0.25, 0.3) is 16.9 Å². The third-order valence-corrected chi connectivity index (χ3v) is 5.97. The van der Waals surface area contributed by atoms with Crippen LogP contribution in [0.15, 0.2) is 36.5 Å². The van der Waals surface area contributed by atoms with Crippen LogP contribution in [0.5, 0.6) is 0 Å². The van der Waals surface area contributed by atoms with E-state index in [4.69, 9.17) is 0 Å². The maximum Gasteiger partial charge on any atom is 0.433 e. The lowest BCUT2D eigenvalue weighted by Crippen LogP contribution is -2.28. The van der Waals surface area contributed by atoms with Crippen molar-refractivity contribution in [3.8, 4) is 11.3 Å². The van der Waals surface area contributed by atoms with Crippen LogP contribution in [0, 0.1) is 19.8 Å². The van der Waals surface area contributed by atoms with Gasteiger partial charge in [0.15, 0.2) is 22.7 Å². The molecule has 0 aliphatic heterocycles. The molecule has 1 aromatic carbocycles. The van der Waals surface area contributed by atoms with Crippen LogP contribution >= 0.6 is 0 Å². The zero-order valence-electron chi connectivity index (χ0n) is 21.6. The van der Waals surface area contributed by atoms with Crippen LogP contribution in [0.4, 0.5) is 18.9 Å². The van der Waals surface area contributed by atoms with Gasteiger partial charge in [-0.2, -0.15) is 23.4 Å². The first-order valence-electron chi connectivity index (χ1n) is 12.1. The molecular weight excluding hydrogens is 499 g/mol. The van der Waals surface area contributed by atoms with E-state index in [0.717, 1.165) is 17.2 Å². The smallest absolute Gasteiger partial charge is 0.350 e. The molecule has 0 atom stereocenters. The molecule has 0 saturated heterocycles. The third kappa shape index (κ3) is 5.53. The molecule has 9 nitrogen and oxygen atoms in total. The molecule has 0 unspecified atom stereocenters. The summed E-state index contributed by atoms with van der Waals surface area (Å²) in [5.41, 5.74) is 1.14. The highest BCUT2D eigenvalue weighted by Crippen LogP contribution is 2.33. The van der Waals surface area contributed by atoms with Gasteiger partial charge in [-0.1, -0.05) is 26.0 Å². The molecule has 3 heterocycles. The normalized spacial score (nSPS) is 11.8. The number of hydrogen-bond acceptors (Lipinski definition) is 5. The number of aromatic nitrogens is 5. The fraction of sp³-hybridized carbons (Fsp3) is 0.346. The number of halogens is 3. The van der Waals surface area contributed by atoms with Gasteiger partial charge in [0.25, 0.3) is 11.8 Å². The second kappa shape index (κ2) is 10.3. The number of carbonyl (C=O) groups excluding carboxylic acids is 2. The Bertz CT molecular complexity index is 1520. The van der Waals surface area contributed by atoms with E-state index < -0.39 is 23.7 Å². The summed E-state index contributed by atoms with van der Waals surface area (Å²) < 4.78 is 44.0. The number of nitrogens with zero attached hydrogens (tertiary/aromatic N) is 5. The molecular formula is C26H28F3N7O2. The predicted octanol–water partition coefficient (Wildman–Crippen LogP) is 4.89. The van der Waals surface area contributed by atoms with E-state index in [2.05, 4.69) is 25.8 Å². The largest absolute Gasteiger partial charge is 0.433 e. The van der Waals surface area contributed by atoms with Crippen molar-refractivity contribution in [1.29, 1.82) is 0 Å². The van der Waals surface area contributed by atoms with E-state index in [1.165, 1.54) is 16.9 Å². The Morgan fingerprint density at radius 1 is 1.03 bits per heavy atom. The van der Waals surface area contributed by atoms with E-state index in [0.29, 0.717) is 23.2 Å². The molecule has 0 fully saturated rings. The molecule has 38 heavy (non-hydrogen) atoms. The van der Waals surface area contributed by atoms with Crippen molar-refractivity contribution >= 4 is 23.1 Å². The molecule has 12 heteroatoms. The summed E-state index contributed by atoms with van der Waals surface area (Å²) in [5.74, 6) is -1.08. The second-order valence-corrected chi connectivity index (χ2v) is 9.43. The standard InChI is InChI=1S/C26H28F3N7O2/c1-6-35-13-20(23(34-35)25(38)30-12-14(2)3)32-24(37)19-11-22-31-18(17-8-7-15(4)16(5)9-17)10-21(26(27,28)29)36(22)33-19/h7-11,13-14H,6,12H2,1-5H3,(H,30,38)(H,32,37). The Kier molecular flexibility index (Phi) is 7.25. The Morgan fingerprint density at radius 3 is 2.39 bits per heavy atom. The predicted molar refractivity (Wildman–Crippen MR) is 136 cm³/mol. The summed E-state index contributed by atoms with van der Waals surface area (Å²) in [5, 5.41) is 13.4. The molecule has 4 aromatic rings. The van der Waals surface area contributed by atoms with Crippen molar-refractivity contribution in [2.75, 3.05) is 11.9 Å². The Hall–Kier alpha value is -4.22. The van der Waals surface area contributed by atoms with Gasteiger partial charge in [0.2, 0.25) is 0 Å². The summed E-state index contributed by atoms with van der Waals surface area (Å²) in [6, 6.07) is 7.36. The fourth-order valence-corrected chi connectivity index (χ4v) is 3.75. The monoisotopic (exact) mass is 527 g/mol. The van der Waals surface area contributed by atoms with E-state index in [1.807, 2.05) is 40.7 Å². The van der Waals surface area contributed by atoms with Gasteiger partial charge >= 0.3 is 6.18 Å². The lowest BCUT2D eigenvalue weighted by atomic mass is 10.0. The number of anilines is 1. The quantitative estimate of drug-likeness (QED) is 0.356. The summed E-state index contributed by atoms with van der Waals surface area (Å²) >= 11 is 0. The number of hydrogen-bond donors (Lipinski definition) is 2. The molecule has 0 aliphatic rings. The van der Waals surface area contributed by atoms with E-state index in [-0.39, 0.29) is 34.3 Å². The molecule has 3 aromatic heterocycles. The SMILES string of the molecule is CCn1cc(NC(=O)c2cc3nc(-c4ccc(C)c(C)c4)cc(C(F)(F)F)n3n2)c(C(=O)NCC(C)C)n1. The molecule has 2 amide bonds. The minimum atomic E-state index is -4.75. The first kappa shape index (κ1) is 26.8. The van der Waals surface area contributed by atoms with Crippen LogP contribution in [0.1, 0.15) is 58.6 Å². The molecule has 0 radical (unpaired) electrons.